The van der Waals surface area contributed by atoms with Gasteiger partial charge in [-0.2, -0.15) is 5.26 Å². The molecule has 0 saturated carbocycles. The van der Waals surface area contributed by atoms with Crippen molar-refractivity contribution in [1.29, 1.82) is 5.26 Å². The molecule has 1 aliphatic rings. The van der Waals surface area contributed by atoms with Gasteiger partial charge < -0.3 is 15.0 Å². The Balaban J connectivity index is 2.13. The van der Waals surface area contributed by atoms with Crippen LogP contribution in [0.15, 0.2) is 23.2 Å². The Hall–Kier alpha value is -2.62. The summed E-state index contributed by atoms with van der Waals surface area (Å²) in [5, 5.41) is 12.2. The Morgan fingerprint density at radius 3 is 3.00 bits per heavy atom. The topological polar surface area (TPSA) is 77.7 Å². The van der Waals surface area contributed by atoms with E-state index in [0.29, 0.717) is 36.8 Å². The van der Waals surface area contributed by atoms with Crippen molar-refractivity contribution in [1.82, 2.24) is 10.2 Å². The van der Waals surface area contributed by atoms with E-state index in [1.807, 2.05) is 17.9 Å². The van der Waals surface area contributed by atoms with Crippen LogP contribution in [0.4, 0.5) is 4.39 Å². The third-order valence-electron chi connectivity index (χ3n) is 4.25. The van der Waals surface area contributed by atoms with Crippen LogP contribution in [-0.2, 0) is 16.1 Å². The first kappa shape index (κ1) is 19.7. The Labute approximate surface area is 153 Å². The number of nitrogens with one attached hydrogen (secondary N) is 1. The summed E-state index contributed by atoms with van der Waals surface area (Å²) in [6.45, 7) is 6.24. The molecule has 0 spiro atoms. The molecule has 0 aliphatic carbocycles. The molecule has 0 bridgehead atoms. The minimum absolute atomic E-state index is 0.129. The van der Waals surface area contributed by atoms with Crippen LogP contribution in [0.2, 0.25) is 0 Å². The van der Waals surface area contributed by atoms with Gasteiger partial charge in [-0.05, 0) is 44.9 Å². The fraction of sp³-hybridized carbons (Fsp3) is 0.526. The smallest absolute Gasteiger partial charge is 0.310 e. The van der Waals surface area contributed by atoms with Gasteiger partial charge in [-0.15, -0.1) is 0 Å². The van der Waals surface area contributed by atoms with Crippen molar-refractivity contribution in [2.75, 3.05) is 26.2 Å². The number of nitriles is 1. The summed E-state index contributed by atoms with van der Waals surface area (Å²) in [6, 6.07) is 6.25. The minimum Gasteiger partial charge on any atom is -0.466 e. The first-order valence-corrected chi connectivity index (χ1v) is 8.97. The summed E-state index contributed by atoms with van der Waals surface area (Å²) in [5.74, 6) is -0.0954. The minimum atomic E-state index is -0.383. The van der Waals surface area contributed by atoms with E-state index in [0.717, 1.165) is 19.4 Å². The highest BCUT2D eigenvalue weighted by molar-refractivity contribution is 5.81. The number of esters is 1. The van der Waals surface area contributed by atoms with E-state index >= 15 is 0 Å². The first-order chi connectivity index (χ1) is 12.6. The lowest BCUT2D eigenvalue weighted by atomic mass is 9.98. The van der Waals surface area contributed by atoms with Crippen molar-refractivity contribution in [3.05, 3.63) is 35.1 Å². The van der Waals surface area contributed by atoms with Gasteiger partial charge in [0.05, 0.1) is 30.7 Å². The van der Waals surface area contributed by atoms with Crippen molar-refractivity contribution in [3.8, 4) is 6.07 Å². The molecule has 1 aromatic rings. The second-order valence-corrected chi connectivity index (χ2v) is 6.13. The van der Waals surface area contributed by atoms with Crippen molar-refractivity contribution in [3.63, 3.8) is 0 Å². The molecule has 1 fully saturated rings. The molecule has 0 aromatic heterocycles. The maximum absolute atomic E-state index is 14.0. The largest absolute Gasteiger partial charge is 0.466 e. The number of hydrogen-bond donors (Lipinski definition) is 1. The molecule has 1 atom stereocenters. The number of rotatable bonds is 5. The fourth-order valence-corrected chi connectivity index (χ4v) is 2.97. The van der Waals surface area contributed by atoms with Gasteiger partial charge in [-0.25, -0.2) is 9.38 Å². The number of aliphatic imine (C=N–C) groups is 1. The summed E-state index contributed by atoms with van der Waals surface area (Å²) < 4.78 is 19.1. The number of nitrogens with zero attached hydrogens (tertiary/aromatic N) is 3. The van der Waals surface area contributed by atoms with E-state index < -0.39 is 0 Å². The average Bonchev–Trinajstić information content (AvgIpc) is 2.66. The van der Waals surface area contributed by atoms with E-state index in [2.05, 4.69) is 10.3 Å². The third-order valence-corrected chi connectivity index (χ3v) is 4.25. The summed E-state index contributed by atoms with van der Waals surface area (Å²) in [4.78, 5) is 18.6. The molecule has 1 saturated heterocycles. The number of guanidine groups is 1. The molecule has 1 N–H and O–H groups in total. The lowest BCUT2D eigenvalue weighted by Crippen LogP contribution is -2.48. The fourth-order valence-electron chi connectivity index (χ4n) is 2.97. The second kappa shape index (κ2) is 9.76. The Morgan fingerprint density at radius 1 is 1.50 bits per heavy atom. The second-order valence-electron chi connectivity index (χ2n) is 6.13. The van der Waals surface area contributed by atoms with Gasteiger partial charge in [0.1, 0.15) is 5.82 Å². The van der Waals surface area contributed by atoms with Crippen LogP contribution >= 0.6 is 0 Å². The van der Waals surface area contributed by atoms with Gasteiger partial charge in [0.15, 0.2) is 5.96 Å². The van der Waals surface area contributed by atoms with E-state index in [-0.39, 0.29) is 24.2 Å². The standard InChI is InChI=1S/C19H25FN4O2/c1-3-22-19(23-12-16-10-14(11-21)7-8-17(16)20)24-9-5-6-15(13-24)18(25)26-4-2/h7-8,10,15H,3-6,9,12-13H2,1-2H3,(H,22,23). The van der Waals surface area contributed by atoms with E-state index in [4.69, 9.17) is 10.00 Å². The highest BCUT2D eigenvalue weighted by Gasteiger charge is 2.28. The zero-order valence-electron chi connectivity index (χ0n) is 15.3. The Morgan fingerprint density at radius 2 is 2.31 bits per heavy atom. The molecule has 1 heterocycles. The van der Waals surface area contributed by atoms with Gasteiger partial charge >= 0.3 is 5.97 Å². The molecule has 0 radical (unpaired) electrons. The number of carbonyl (C=O) groups excluding carboxylic acids is 1. The zero-order valence-corrected chi connectivity index (χ0v) is 15.3. The van der Waals surface area contributed by atoms with Crippen LogP contribution in [-0.4, -0.2) is 43.1 Å². The molecule has 6 nitrogen and oxygen atoms in total. The lowest BCUT2D eigenvalue weighted by molar-refractivity contribution is -0.149. The SMILES string of the molecule is CCNC(=NCc1cc(C#N)ccc1F)N1CCCC(C(=O)OCC)C1. The molecular formula is C19H25FN4O2. The predicted octanol–water partition coefficient (Wildman–Crippen LogP) is 2.44. The number of halogens is 1. The van der Waals surface area contributed by atoms with Gasteiger partial charge in [-0.1, -0.05) is 0 Å². The molecule has 2 rings (SSSR count). The Bertz CT molecular complexity index is 699. The van der Waals surface area contributed by atoms with Crippen molar-refractivity contribution in [2.45, 2.75) is 33.2 Å². The van der Waals surface area contributed by atoms with Gasteiger partial charge in [-0.3, -0.25) is 4.79 Å². The predicted molar refractivity (Wildman–Crippen MR) is 96.9 cm³/mol. The molecule has 1 unspecified atom stereocenters. The van der Waals surface area contributed by atoms with Crippen LogP contribution in [0.5, 0.6) is 0 Å². The van der Waals surface area contributed by atoms with Crippen LogP contribution in [0.3, 0.4) is 0 Å². The van der Waals surface area contributed by atoms with Crippen LogP contribution < -0.4 is 5.32 Å². The molecule has 7 heteroatoms. The maximum atomic E-state index is 14.0. The highest BCUT2D eigenvalue weighted by Crippen LogP contribution is 2.19. The molecule has 26 heavy (non-hydrogen) atoms. The molecular weight excluding hydrogens is 335 g/mol. The van der Waals surface area contributed by atoms with E-state index in [1.54, 1.807) is 6.92 Å². The van der Waals surface area contributed by atoms with E-state index in [9.17, 15) is 9.18 Å². The maximum Gasteiger partial charge on any atom is 0.310 e. The summed E-state index contributed by atoms with van der Waals surface area (Å²) in [6.07, 6.45) is 1.67. The summed E-state index contributed by atoms with van der Waals surface area (Å²) >= 11 is 0. The van der Waals surface area contributed by atoms with Crippen LogP contribution in [0.25, 0.3) is 0 Å². The first-order valence-electron chi connectivity index (χ1n) is 8.97. The Kier molecular flexibility index (Phi) is 7.39. The van der Waals surface area contributed by atoms with Gasteiger partial charge in [0.25, 0.3) is 0 Å². The van der Waals surface area contributed by atoms with Crippen molar-refractivity contribution in [2.24, 2.45) is 10.9 Å². The zero-order chi connectivity index (χ0) is 18.9. The van der Waals surface area contributed by atoms with Crippen molar-refractivity contribution >= 4 is 11.9 Å². The van der Waals surface area contributed by atoms with Crippen LogP contribution in [0, 0.1) is 23.1 Å². The third kappa shape index (κ3) is 5.19. The number of piperidine rings is 1. The normalized spacial score (nSPS) is 17.5. The summed E-state index contributed by atoms with van der Waals surface area (Å²) in [7, 11) is 0. The van der Waals surface area contributed by atoms with Crippen molar-refractivity contribution < 1.29 is 13.9 Å². The quantitative estimate of drug-likeness (QED) is 0.496. The average molecular weight is 360 g/mol. The molecule has 1 aliphatic heterocycles. The van der Waals surface area contributed by atoms with Gasteiger partial charge in [0.2, 0.25) is 0 Å². The van der Waals surface area contributed by atoms with Gasteiger partial charge in [0, 0.05) is 25.2 Å². The highest BCUT2D eigenvalue weighted by atomic mass is 19.1. The lowest BCUT2D eigenvalue weighted by Gasteiger charge is -2.34. The monoisotopic (exact) mass is 360 g/mol. The number of benzene rings is 1. The number of ether oxygens (including phenoxy) is 1. The summed E-state index contributed by atoms with van der Waals surface area (Å²) in [5.41, 5.74) is 0.778. The number of carbonyl (C=O) groups is 1. The number of likely N-dealkylation sites (tertiary alicyclic amines) is 1. The molecule has 0 amide bonds. The number of hydrogen-bond acceptors (Lipinski definition) is 4. The van der Waals surface area contributed by atoms with E-state index in [1.165, 1.54) is 18.2 Å². The van der Waals surface area contributed by atoms with Crippen LogP contribution in [0.1, 0.15) is 37.8 Å². The molecule has 140 valence electrons. The molecule has 1 aromatic carbocycles.